The maximum atomic E-state index is 12.2. The first-order valence-corrected chi connectivity index (χ1v) is 7.10. The van der Waals surface area contributed by atoms with Crippen molar-refractivity contribution in [1.82, 2.24) is 15.3 Å². The Morgan fingerprint density at radius 2 is 2.05 bits per heavy atom. The fourth-order valence-electron chi connectivity index (χ4n) is 2.23. The van der Waals surface area contributed by atoms with Crippen molar-refractivity contribution < 1.29 is 4.79 Å². The van der Waals surface area contributed by atoms with Crippen LogP contribution in [-0.2, 0) is 17.8 Å². The molecule has 1 aromatic heterocycles. The van der Waals surface area contributed by atoms with Gasteiger partial charge in [0, 0.05) is 6.54 Å². The molecule has 1 aliphatic heterocycles. The first-order chi connectivity index (χ1) is 9.72. The molecule has 2 aromatic rings. The van der Waals surface area contributed by atoms with Crippen LogP contribution in [0.2, 0.25) is 0 Å². The third kappa shape index (κ3) is 2.86. The van der Waals surface area contributed by atoms with E-state index in [9.17, 15) is 4.79 Å². The van der Waals surface area contributed by atoms with Crippen molar-refractivity contribution in [3.8, 4) is 0 Å². The Morgan fingerprint density at radius 3 is 2.80 bits per heavy atom. The largest absolute Gasteiger partial charge is 0.308 e. The summed E-state index contributed by atoms with van der Waals surface area (Å²) in [4.78, 5) is 20.3. The summed E-state index contributed by atoms with van der Waals surface area (Å²) in [5, 5.41) is 6.01. The number of amides is 1. The highest BCUT2D eigenvalue weighted by atomic mass is 79.9. The first-order valence-electron chi connectivity index (χ1n) is 6.31. The highest BCUT2D eigenvalue weighted by Gasteiger charge is 2.24. The van der Waals surface area contributed by atoms with Crippen molar-refractivity contribution in [3.63, 3.8) is 0 Å². The molecule has 6 heteroatoms. The molecule has 1 amide bonds. The number of hydrogen-bond donors (Lipinski definition) is 2. The van der Waals surface area contributed by atoms with E-state index in [1.807, 2.05) is 12.1 Å². The molecule has 0 spiro atoms. The quantitative estimate of drug-likeness (QED) is 0.881. The Kier molecular flexibility index (Phi) is 3.75. The van der Waals surface area contributed by atoms with Crippen LogP contribution in [-0.4, -0.2) is 21.9 Å². The van der Waals surface area contributed by atoms with Crippen LogP contribution in [0.25, 0.3) is 0 Å². The van der Waals surface area contributed by atoms with Crippen molar-refractivity contribution in [1.29, 1.82) is 0 Å². The zero-order valence-electron chi connectivity index (χ0n) is 10.6. The fraction of sp³-hybridized carbons (Fsp3) is 0.214. The van der Waals surface area contributed by atoms with E-state index in [1.165, 1.54) is 17.3 Å². The van der Waals surface area contributed by atoms with Gasteiger partial charge in [0.05, 0.1) is 18.4 Å². The molecule has 0 fully saturated rings. The number of rotatable bonds is 2. The monoisotopic (exact) mass is 332 g/mol. The summed E-state index contributed by atoms with van der Waals surface area (Å²) in [6, 6.07) is 7.92. The molecule has 2 heterocycles. The van der Waals surface area contributed by atoms with Gasteiger partial charge in [-0.15, -0.1) is 0 Å². The minimum Gasteiger partial charge on any atom is -0.308 e. The number of fused-ring (bicyclic) bond motifs is 1. The third-order valence-corrected chi connectivity index (χ3v) is 3.68. The molecule has 3 rings (SSSR count). The lowest BCUT2D eigenvalue weighted by atomic mass is 9.95. The summed E-state index contributed by atoms with van der Waals surface area (Å²) in [6.45, 7) is 0.709. The van der Waals surface area contributed by atoms with Crippen LogP contribution < -0.4 is 10.6 Å². The number of benzene rings is 1. The van der Waals surface area contributed by atoms with E-state index in [1.54, 1.807) is 6.20 Å². The lowest BCUT2D eigenvalue weighted by molar-refractivity contribution is -0.118. The van der Waals surface area contributed by atoms with E-state index < -0.39 is 0 Å². The molecule has 1 aromatic carbocycles. The standard InChI is InChI=1S/C14H13BrN4O/c15-12-7-18-13(8-17-12)19-14(20)11-5-9-3-1-2-4-10(9)6-16-11/h1-4,7-8,11,16H,5-6H2,(H,18,19,20)/t11-/m1/s1. The highest BCUT2D eigenvalue weighted by Crippen LogP contribution is 2.17. The van der Waals surface area contributed by atoms with E-state index in [0.29, 0.717) is 23.4 Å². The van der Waals surface area contributed by atoms with Gasteiger partial charge in [0.25, 0.3) is 0 Å². The molecule has 1 aliphatic rings. The number of carbonyl (C=O) groups is 1. The zero-order valence-corrected chi connectivity index (χ0v) is 12.2. The van der Waals surface area contributed by atoms with Gasteiger partial charge in [-0.25, -0.2) is 9.97 Å². The Bertz CT molecular complexity index is 629. The van der Waals surface area contributed by atoms with Gasteiger partial charge in [-0.1, -0.05) is 24.3 Å². The summed E-state index contributed by atoms with van der Waals surface area (Å²) < 4.78 is 0.639. The maximum absolute atomic E-state index is 12.2. The number of halogens is 1. The minimum absolute atomic E-state index is 0.0869. The van der Waals surface area contributed by atoms with E-state index >= 15 is 0 Å². The second-order valence-corrected chi connectivity index (χ2v) is 5.43. The van der Waals surface area contributed by atoms with Crippen LogP contribution in [0, 0.1) is 0 Å². The predicted octanol–water partition coefficient (Wildman–Crippen LogP) is 1.89. The zero-order chi connectivity index (χ0) is 13.9. The van der Waals surface area contributed by atoms with Gasteiger partial charge in [-0.3, -0.25) is 4.79 Å². The lowest BCUT2D eigenvalue weighted by Gasteiger charge is -2.25. The fourth-order valence-corrected chi connectivity index (χ4v) is 2.43. The average molecular weight is 333 g/mol. The van der Waals surface area contributed by atoms with E-state index in [2.05, 4.69) is 48.7 Å². The number of aromatic nitrogens is 2. The number of anilines is 1. The van der Waals surface area contributed by atoms with E-state index in [0.717, 1.165) is 0 Å². The summed E-state index contributed by atoms with van der Waals surface area (Å²) in [5.41, 5.74) is 2.47. The van der Waals surface area contributed by atoms with Crippen LogP contribution >= 0.6 is 15.9 Å². The maximum Gasteiger partial charge on any atom is 0.243 e. The number of nitrogens with one attached hydrogen (secondary N) is 2. The average Bonchev–Trinajstić information content (AvgIpc) is 2.49. The third-order valence-electron chi connectivity index (χ3n) is 3.27. The molecule has 0 saturated heterocycles. The minimum atomic E-state index is -0.240. The molecule has 1 atom stereocenters. The van der Waals surface area contributed by atoms with E-state index in [4.69, 9.17) is 0 Å². The summed E-state index contributed by atoms with van der Waals surface area (Å²) in [6.07, 6.45) is 3.77. The second-order valence-electron chi connectivity index (χ2n) is 4.62. The topological polar surface area (TPSA) is 66.9 Å². The molecule has 102 valence electrons. The van der Waals surface area contributed by atoms with Gasteiger partial charge in [-0.05, 0) is 33.5 Å². The summed E-state index contributed by atoms with van der Waals surface area (Å²) in [5.74, 6) is 0.370. The molecule has 2 N–H and O–H groups in total. The van der Waals surface area contributed by atoms with E-state index in [-0.39, 0.29) is 11.9 Å². The van der Waals surface area contributed by atoms with Crippen LogP contribution in [0.15, 0.2) is 41.3 Å². The molecule has 5 nitrogen and oxygen atoms in total. The van der Waals surface area contributed by atoms with Crippen molar-refractivity contribution >= 4 is 27.7 Å². The molecule has 0 saturated carbocycles. The predicted molar refractivity (Wildman–Crippen MR) is 79.1 cm³/mol. The first kappa shape index (κ1) is 13.2. The van der Waals surface area contributed by atoms with Crippen LogP contribution in [0.1, 0.15) is 11.1 Å². The van der Waals surface area contributed by atoms with Gasteiger partial charge in [0.15, 0.2) is 5.82 Å². The van der Waals surface area contributed by atoms with Crippen molar-refractivity contribution in [2.75, 3.05) is 5.32 Å². The van der Waals surface area contributed by atoms with Crippen molar-refractivity contribution in [2.45, 2.75) is 19.0 Å². The summed E-state index contributed by atoms with van der Waals surface area (Å²) in [7, 11) is 0. The lowest BCUT2D eigenvalue weighted by Crippen LogP contribution is -2.44. The molecular formula is C14H13BrN4O. The number of nitrogens with zero attached hydrogens (tertiary/aromatic N) is 2. The van der Waals surface area contributed by atoms with Crippen molar-refractivity contribution in [3.05, 3.63) is 52.4 Å². The molecule has 0 aliphatic carbocycles. The number of carbonyl (C=O) groups excluding carboxylic acids is 1. The second kappa shape index (κ2) is 5.68. The molecular weight excluding hydrogens is 320 g/mol. The molecule has 20 heavy (non-hydrogen) atoms. The van der Waals surface area contributed by atoms with Gasteiger partial charge in [0.2, 0.25) is 5.91 Å². The van der Waals surface area contributed by atoms with Gasteiger partial charge in [-0.2, -0.15) is 0 Å². The van der Waals surface area contributed by atoms with Crippen LogP contribution in [0.5, 0.6) is 0 Å². The highest BCUT2D eigenvalue weighted by molar-refractivity contribution is 9.10. The Labute approximate surface area is 125 Å². The summed E-state index contributed by atoms with van der Waals surface area (Å²) >= 11 is 3.21. The van der Waals surface area contributed by atoms with Gasteiger partial charge < -0.3 is 10.6 Å². The molecule has 0 unspecified atom stereocenters. The SMILES string of the molecule is O=C(Nc1cnc(Br)cn1)[C@H]1Cc2ccccc2CN1. The Balaban J connectivity index is 1.68. The normalized spacial score (nSPS) is 17.4. The Hall–Kier alpha value is -1.79. The Morgan fingerprint density at radius 1 is 1.25 bits per heavy atom. The van der Waals surface area contributed by atoms with Crippen LogP contribution in [0.4, 0.5) is 5.82 Å². The molecule has 0 radical (unpaired) electrons. The van der Waals surface area contributed by atoms with Crippen molar-refractivity contribution in [2.24, 2.45) is 0 Å². The smallest absolute Gasteiger partial charge is 0.243 e. The van der Waals surface area contributed by atoms with Crippen LogP contribution in [0.3, 0.4) is 0 Å². The number of hydrogen-bond acceptors (Lipinski definition) is 4. The molecule has 0 bridgehead atoms. The van der Waals surface area contributed by atoms with Gasteiger partial charge >= 0.3 is 0 Å². The van der Waals surface area contributed by atoms with Gasteiger partial charge in [0.1, 0.15) is 4.60 Å².